The highest BCUT2D eigenvalue weighted by Crippen LogP contribution is 2.60. The highest BCUT2D eigenvalue weighted by molar-refractivity contribution is 5.89. The van der Waals surface area contributed by atoms with Gasteiger partial charge < -0.3 is 14.4 Å². The minimum atomic E-state index is -0.257. The Bertz CT molecular complexity index is 1060. The van der Waals surface area contributed by atoms with Gasteiger partial charge in [0.25, 0.3) is 0 Å². The smallest absolute Gasteiger partial charge is 0.338 e. The van der Waals surface area contributed by atoms with Gasteiger partial charge in [-0.05, 0) is 74.2 Å². The summed E-state index contributed by atoms with van der Waals surface area (Å²) in [5.74, 6) is 1.35. The van der Waals surface area contributed by atoms with E-state index >= 15 is 0 Å². The summed E-state index contributed by atoms with van der Waals surface area (Å²) < 4.78 is 11.6. The van der Waals surface area contributed by atoms with Gasteiger partial charge in [-0.2, -0.15) is 0 Å². The van der Waals surface area contributed by atoms with Crippen molar-refractivity contribution < 1.29 is 14.3 Å². The molecule has 4 nitrogen and oxygen atoms in total. The second-order valence-corrected chi connectivity index (χ2v) is 10.0. The monoisotopic (exact) mass is 455 g/mol. The van der Waals surface area contributed by atoms with Crippen molar-refractivity contribution in [1.82, 2.24) is 4.90 Å². The predicted molar refractivity (Wildman–Crippen MR) is 134 cm³/mol. The zero-order valence-electron chi connectivity index (χ0n) is 20.2. The first-order chi connectivity index (χ1) is 16.5. The summed E-state index contributed by atoms with van der Waals surface area (Å²) in [6, 6.07) is 28.8. The van der Waals surface area contributed by atoms with Gasteiger partial charge >= 0.3 is 5.97 Å². The minimum absolute atomic E-state index is 0.0272. The van der Waals surface area contributed by atoms with Crippen LogP contribution in [0.5, 0.6) is 5.75 Å². The molecule has 3 aliphatic rings. The maximum Gasteiger partial charge on any atom is 0.338 e. The van der Waals surface area contributed by atoms with Crippen LogP contribution >= 0.6 is 0 Å². The molecule has 0 heterocycles. The van der Waals surface area contributed by atoms with Gasteiger partial charge in [0.15, 0.2) is 0 Å². The van der Waals surface area contributed by atoms with Gasteiger partial charge in [0.05, 0.1) is 12.7 Å². The Kier molecular flexibility index (Phi) is 6.18. The van der Waals surface area contributed by atoms with Gasteiger partial charge in [-0.15, -0.1) is 0 Å². The van der Waals surface area contributed by atoms with Crippen molar-refractivity contribution >= 4 is 5.97 Å². The van der Waals surface area contributed by atoms with E-state index in [4.69, 9.17) is 9.47 Å². The number of fused-ring (bicyclic) bond motifs is 3. The number of nitrogens with zero attached hydrogens (tertiary/aromatic N) is 1. The van der Waals surface area contributed by atoms with E-state index < -0.39 is 0 Å². The van der Waals surface area contributed by atoms with Gasteiger partial charge in [0.2, 0.25) is 0 Å². The summed E-state index contributed by atoms with van der Waals surface area (Å²) in [5, 5.41) is 0. The van der Waals surface area contributed by atoms with E-state index in [0.29, 0.717) is 17.4 Å². The van der Waals surface area contributed by atoms with Crippen molar-refractivity contribution in [3.8, 4) is 5.75 Å². The standard InChI is InChI=1S/C30H33NO3/c1-31(2)30-18-25(21-10-6-4-7-11-21)28(26(19-30)22-12-8-5-9-13-22)27(20-30)34-29(32)23-14-16-24(33-3)17-15-23/h4-17,25-28H,18-20H2,1-3H3/t25-,26-,27+,28?,30?/m0/s1. The molecule has 2 bridgehead atoms. The number of carbonyl (C=O) groups is 1. The highest BCUT2D eigenvalue weighted by atomic mass is 16.5. The van der Waals surface area contributed by atoms with Crippen LogP contribution in [-0.2, 0) is 4.74 Å². The molecule has 3 aliphatic carbocycles. The molecule has 0 unspecified atom stereocenters. The van der Waals surface area contributed by atoms with Gasteiger partial charge in [-0.1, -0.05) is 60.7 Å². The van der Waals surface area contributed by atoms with E-state index in [9.17, 15) is 4.79 Å². The molecular formula is C30H33NO3. The van der Waals surface area contributed by atoms with Crippen LogP contribution in [0, 0.1) is 5.92 Å². The van der Waals surface area contributed by atoms with Crippen LogP contribution in [0.4, 0.5) is 0 Å². The maximum absolute atomic E-state index is 13.3. The molecule has 0 saturated heterocycles. The fourth-order valence-electron chi connectivity index (χ4n) is 6.33. The van der Waals surface area contributed by atoms with Crippen LogP contribution in [0.3, 0.4) is 0 Å². The largest absolute Gasteiger partial charge is 0.497 e. The molecule has 3 aromatic rings. The molecule has 0 amide bonds. The predicted octanol–water partition coefficient (Wildman–Crippen LogP) is 5.90. The Morgan fingerprint density at radius 2 is 1.32 bits per heavy atom. The Labute approximate surface area is 202 Å². The van der Waals surface area contributed by atoms with Gasteiger partial charge in [0, 0.05) is 17.9 Å². The second-order valence-electron chi connectivity index (χ2n) is 10.0. The van der Waals surface area contributed by atoms with E-state index in [1.807, 2.05) is 12.1 Å². The van der Waals surface area contributed by atoms with Gasteiger partial charge in [-0.3, -0.25) is 0 Å². The molecule has 0 N–H and O–H groups in total. The van der Waals surface area contributed by atoms with E-state index in [0.717, 1.165) is 25.0 Å². The van der Waals surface area contributed by atoms with E-state index in [1.165, 1.54) is 11.1 Å². The average Bonchev–Trinajstić information content (AvgIpc) is 2.89. The summed E-state index contributed by atoms with van der Waals surface area (Å²) >= 11 is 0. The fraction of sp³-hybridized carbons (Fsp3) is 0.367. The molecule has 176 valence electrons. The summed E-state index contributed by atoms with van der Waals surface area (Å²) in [7, 11) is 5.98. The third kappa shape index (κ3) is 4.12. The summed E-state index contributed by atoms with van der Waals surface area (Å²) in [6.07, 6.45) is 2.86. The molecule has 3 saturated carbocycles. The number of esters is 1. The number of carbonyl (C=O) groups excluding carboxylic acids is 1. The van der Waals surface area contributed by atoms with Crippen molar-refractivity contribution in [2.45, 2.75) is 42.7 Å². The lowest BCUT2D eigenvalue weighted by Gasteiger charge is -2.60. The zero-order chi connectivity index (χ0) is 23.7. The minimum Gasteiger partial charge on any atom is -0.497 e. The maximum atomic E-state index is 13.3. The van der Waals surface area contributed by atoms with Crippen LogP contribution in [-0.4, -0.2) is 43.7 Å². The number of ether oxygens (including phenoxy) is 2. The molecule has 0 aromatic heterocycles. The Morgan fingerprint density at radius 1 is 0.794 bits per heavy atom. The molecule has 6 rings (SSSR count). The van der Waals surface area contributed by atoms with Crippen LogP contribution in [0.1, 0.15) is 52.6 Å². The third-order valence-electron chi connectivity index (χ3n) is 8.13. The Balaban J connectivity index is 1.54. The number of methoxy groups -OCH3 is 1. The van der Waals surface area contributed by atoms with Crippen LogP contribution in [0.2, 0.25) is 0 Å². The Hall–Kier alpha value is -3.11. The summed E-state index contributed by atoms with van der Waals surface area (Å²) in [4.78, 5) is 15.7. The number of hydrogen-bond donors (Lipinski definition) is 0. The molecule has 3 aromatic carbocycles. The lowest BCUT2D eigenvalue weighted by Crippen LogP contribution is -2.61. The van der Waals surface area contributed by atoms with Gasteiger partial charge in [-0.25, -0.2) is 4.79 Å². The van der Waals surface area contributed by atoms with Crippen LogP contribution in [0.25, 0.3) is 0 Å². The average molecular weight is 456 g/mol. The summed E-state index contributed by atoms with van der Waals surface area (Å²) in [5.41, 5.74) is 3.21. The third-order valence-corrected chi connectivity index (χ3v) is 8.13. The molecule has 0 radical (unpaired) electrons. The first-order valence-corrected chi connectivity index (χ1v) is 12.1. The SMILES string of the molecule is COc1ccc(C(=O)O[C@@H]2CC3(N(C)C)C[C@@H](c4ccccc4)C2[C@H](c2ccccc2)C3)cc1. The molecule has 34 heavy (non-hydrogen) atoms. The molecule has 0 aliphatic heterocycles. The molecular weight excluding hydrogens is 422 g/mol. The van der Waals surface area contributed by atoms with Crippen molar-refractivity contribution in [2.75, 3.05) is 21.2 Å². The highest BCUT2D eigenvalue weighted by Gasteiger charge is 2.58. The number of hydrogen-bond acceptors (Lipinski definition) is 4. The zero-order valence-corrected chi connectivity index (χ0v) is 20.2. The molecule has 4 heteroatoms. The second kappa shape index (κ2) is 9.27. The first-order valence-electron chi connectivity index (χ1n) is 12.1. The quantitative estimate of drug-likeness (QED) is 0.434. The van der Waals surface area contributed by atoms with Gasteiger partial charge in [0.1, 0.15) is 11.9 Å². The summed E-state index contributed by atoms with van der Waals surface area (Å²) in [6.45, 7) is 0. The van der Waals surface area contributed by atoms with E-state index in [1.54, 1.807) is 19.2 Å². The fourth-order valence-corrected chi connectivity index (χ4v) is 6.33. The number of benzene rings is 3. The normalized spacial score (nSPS) is 28.0. The number of rotatable bonds is 6. The lowest BCUT2D eigenvalue weighted by atomic mass is 9.52. The van der Waals surface area contributed by atoms with Crippen LogP contribution in [0.15, 0.2) is 84.9 Å². The van der Waals surface area contributed by atoms with Crippen LogP contribution < -0.4 is 4.74 Å². The topological polar surface area (TPSA) is 38.8 Å². The first kappa shape index (κ1) is 22.7. The Morgan fingerprint density at radius 3 is 1.79 bits per heavy atom. The molecule has 3 atom stereocenters. The lowest BCUT2D eigenvalue weighted by molar-refractivity contribution is -0.0986. The van der Waals surface area contributed by atoms with E-state index in [2.05, 4.69) is 79.7 Å². The van der Waals surface area contributed by atoms with Crippen molar-refractivity contribution in [3.63, 3.8) is 0 Å². The molecule has 0 spiro atoms. The van der Waals surface area contributed by atoms with E-state index in [-0.39, 0.29) is 23.5 Å². The van der Waals surface area contributed by atoms with Crippen molar-refractivity contribution in [2.24, 2.45) is 5.92 Å². The molecule has 3 fully saturated rings. The van der Waals surface area contributed by atoms with Crippen molar-refractivity contribution in [1.29, 1.82) is 0 Å². The van der Waals surface area contributed by atoms with Crippen molar-refractivity contribution in [3.05, 3.63) is 102 Å².